The van der Waals surface area contributed by atoms with Crippen molar-refractivity contribution in [3.05, 3.63) is 34.9 Å². The minimum Gasteiger partial charge on any atom is -0.302 e. The Bertz CT molecular complexity index is 477. The van der Waals surface area contributed by atoms with Gasteiger partial charge in [0.25, 0.3) is 0 Å². The SMILES string of the molecule is CCc1ccc(CN2CCCC2CN2CCCC2)cc1CC. The zero-order valence-corrected chi connectivity index (χ0v) is 14.5. The Morgan fingerprint density at radius 2 is 1.73 bits per heavy atom. The first kappa shape index (κ1) is 16.0. The Morgan fingerprint density at radius 3 is 2.45 bits per heavy atom. The molecule has 1 atom stereocenters. The molecule has 0 spiro atoms. The van der Waals surface area contributed by atoms with Crippen LogP contribution in [0.1, 0.15) is 56.2 Å². The minimum absolute atomic E-state index is 0.786. The van der Waals surface area contributed by atoms with E-state index >= 15 is 0 Å². The highest BCUT2D eigenvalue weighted by atomic mass is 15.2. The van der Waals surface area contributed by atoms with Crippen molar-refractivity contribution in [1.29, 1.82) is 0 Å². The molecule has 2 saturated heterocycles. The highest BCUT2D eigenvalue weighted by molar-refractivity contribution is 5.32. The van der Waals surface area contributed by atoms with Crippen LogP contribution in [0, 0.1) is 0 Å². The number of nitrogens with zero attached hydrogens (tertiary/aromatic N) is 2. The van der Waals surface area contributed by atoms with Gasteiger partial charge in [-0.2, -0.15) is 0 Å². The molecule has 0 aromatic heterocycles. The van der Waals surface area contributed by atoms with Crippen LogP contribution in [0.2, 0.25) is 0 Å². The highest BCUT2D eigenvalue weighted by Crippen LogP contribution is 2.23. The van der Waals surface area contributed by atoms with E-state index in [0.717, 1.165) is 25.4 Å². The first-order valence-corrected chi connectivity index (χ1v) is 9.37. The van der Waals surface area contributed by atoms with E-state index in [0.29, 0.717) is 0 Å². The maximum atomic E-state index is 2.73. The molecular formula is C20H32N2. The van der Waals surface area contributed by atoms with E-state index in [1.165, 1.54) is 63.0 Å². The summed E-state index contributed by atoms with van der Waals surface area (Å²) in [5.74, 6) is 0. The first-order chi connectivity index (χ1) is 10.8. The third kappa shape index (κ3) is 3.72. The van der Waals surface area contributed by atoms with Crippen LogP contribution >= 0.6 is 0 Å². The van der Waals surface area contributed by atoms with Crippen LogP contribution in [0.15, 0.2) is 18.2 Å². The maximum Gasteiger partial charge on any atom is 0.0237 e. The second kappa shape index (κ2) is 7.61. The lowest BCUT2D eigenvalue weighted by molar-refractivity contribution is 0.185. The number of benzene rings is 1. The lowest BCUT2D eigenvalue weighted by Crippen LogP contribution is -2.38. The van der Waals surface area contributed by atoms with Crippen LogP contribution < -0.4 is 0 Å². The molecular weight excluding hydrogens is 268 g/mol. The molecule has 0 saturated carbocycles. The van der Waals surface area contributed by atoms with Gasteiger partial charge in [0.15, 0.2) is 0 Å². The largest absolute Gasteiger partial charge is 0.302 e. The van der Waals surface area contributed by atoms with Gasteiger partial charge in [0.05, 0.1) is 0 Å². The smallest absolute Gasteiger partial charge is 0.0237 e. The van der Waals surface area contributed by atoms with Crippen molar-refractivity contribution in [3.8, 4) is 0 Å². The Labute approximate surface area is 136 Å². The first-order valence-electron chi connectivity index (χ1n) is 9.37. The van der Waals surface area contributed by atoms with Gasteiger partial charge in [-0.25, -0.2) is 0 Å². The fourth-order valence-electron chi connectivity index (χ4n) is 4.26. The Morgan fingerprint density at radius 1 is 0.955 bits per heavy atom. The fourth-order valence-corrected chi connectivity index (χ4v) is 4.26. The van der Waals surface area contributed by atoms with Crippen LogP contribution in [0.3, 0.4) is 0 Å². The number of aryl methyl sites for hydroxylation is 2. The van der Waals surface area contributed by atoms with Crippen molar-refractivity contribution in [2.24, 2.45) is 0 Å². The summed E-state index contributed by atoms with van der Waals surface area (Å²) < 4.78 is 0. The van der Waals surface area contributed by atoms with E-state index in [4.69, 9.17) is 0 Å². The average Bonchev–Trinajstić information content (AvgIpc) is 3.20. The molecule has 2 aliphatic rings. The number of hydrogen-bond acceptors (Lipinski definition) is 2. The van der Waals surface area contributed by atoms with E-state index in [2.05, 4.69) is 41.8 Å². The molecule has 1 unspecified atom stereocenters. The maximum absolute atomic E-state index is 2.73. The summed E-state index contributed by atoms with van der Waals surface area (Å²) in [5, 5.41) is 0. The van der Waals surface area contributed by atoms with Crippen LogP contribution in [0.4, 0.5) is 0 Å². The van der Waals surface area contributed by atoms with Gasteiger partial charge >= 0.3 is 0 Å². The normalized spacial score (nSPS) is 23.5. The van der Waals surface area contributed by atoms with Gasteiger partial charge in [0.1, 0.15) is 0 Å². The quantitative estimate of drug-likeness (QED) is 0.787. The van der Waals surface area contributed by atoms with Crippen molar-refractivity contribution in [2.45, 2.75) is 65.0 Å². The van der Waals surface area contributed by atoms with E-state index in [1.54, 1.807) is 5.56 Å². The summed E-state index contributed by atoms with van der Waals surface area (Å²) in [6.07, 6.45) is 7.91. The van der Waals surface area contributed by atoms with Crippen molar-refractivity contribution in [3.63, 3.8) is 0 Å². The third-order valence-electron chi connectivity index (χ3n) is 5.58. The Balaban J connectivity index is 1.63. The van der Waals surface area contributed by atoms with Gasteiger partial charge in [-0.3, -0.25) is 4.90 Å². The number of hydrogen-bond donors (Lipinski definition) is 0. The van der Waals surface area contributed by atoms with E-state index in [9.17, 15) is 0 Å². The van der Waals surface area contributed by atoms with Gasteiger partial charge in [0, 0.05) is 19.1 Å². The summed E-state index contributed by atoms with van der Waals surface area (Å²) in [6, 6.07) is 7.97. The van der Waals surface area contributed by atoms with E-state index in [-0.39, 0.29) is 0 Å². The summed E-state index contributed by atoms with van der Waals surface area (Å²) >= 11 is 0. The molecule has 22 heavy (non-hydrogen) atoms. The molecule has 2 fully saturated rings. The molecule has 0 radical (unpaired) electrons. The lowest BCUT2D eigenvalue weighted by atomic mass is 10.00. The average molecular weight is 300 g/mol. The molecule has 1 aromatic carbocycles. The minimum atomic E-state index is 0.786. The molecule has 0 aliphatic carbocycles. The molecule has 2 nitrogen and oxygen atoms in total. The number of rotatable bonds is 6. The van der Waals surface area contributed by atoms with Crippen LogP contribution in [0.5, 0.6) is 0 Å². The fraction of sp³-hybridized carbons (Fsp3) is 0.700. The van der Waals surface area contributed by atoms with Crippen LogP contribution in [-0.4, -0.2) is 42.0 Å². The van der Waals surface area contributed by atoms with Gasteiger partial charge in [0.2, 0.25) is 0 Å². The topological polar surface area (TPSA) is 6.48 Å². The number of likely N-dealkylation sites (tertiary alicyclic amines) is 2. The molecule has 2 aliphatic heterocycles. The van der Waals surface area contributed by atoms with Crippen molar-refractivity contribution in [1.82, 2.24) is 9.80 Å². The lowest BCUT2D eigenvalue weighted by Gasteiger charge is -2.28. The highest BCUT2D eigenvalue weighted by Gasteiger charge is 2.27. The molecule has 0 bridgehead atoms. The van der Waals surface area contributed by atoms with Gasteiger partial charge in [-0.05, 0) is 74.8 Å². The summed E-state index contributed by atoms with van der Waals surface area (Å²) in [4.78, 5) is 5.42. The summed E-state index contributed by atoms with van der Waals surface area (Å²) in [7, 11) is 0. The van der Waals surface area contributed by atoms with Crippen LogP contribution in [0.25, 0.3) is 0 Å². The zero-order valence-electron chi connectivity index (χ0n) is 14.5. The van der Waals surface area contributed by atoms with E-state index in [1.807, 2.05) is 0 Å². The molecule has 0 N–H and O–H groups in total. The summed E-state index contributed by atoms with van der Waals surface area (Å²) in [6.45, 7) is 10.9. The predicted octanol–water partition coefficient (Wildman–Crippen LogP) is 3.87. The Kier molecular flexibility index (Phi) is 5.54. The summed E-state index contributed by atoms with van der Waals surface area (Å²) in [5.41, 5.74) is 4.60. The van der Waals surface area contributed by atoms with Crippen molar-refractivity contribution >= 4 is 0 Å². The second-order valence-corrected chi connectivity index (χ2v) is 7.08. The molecule has 2 heteroatoms. The monoisotopic (exact) mass is 300 g/mol. The van der Waals surface area contributed by atoms with Crippen molar-refractivity contribution < 1.29 is 0 Å². The Hall–Kier alpha value is -0.860. The van der Waals surface area contributed by atoms with Gasteiger partial charge < -0.3 is 4.90 Å². The van der Waals surface area contributed by atoms with Crippen LogP contribution in [-0.2, 0) is 19.4 Å². The van der Waals surface area contributed by atoms with Crippen molar-refractivity contribution in [2.75, 3.05) is 26.2 Å². The molecule has 0 amide bonds. The standard InChI is InChI=1S/C20H32N2/c1-3-18-10-9-17(14-19(18)4-2)15-22-13-7-8-20(22)16-21-11-5-6-12-21/h9-10,14,20H,3-8,11-13,15-16H2,1-2H3. The molecule has 122 valence electrons. The predicted molar refractivity (Wildman–Crippen MR) is 94.3 cm³/mol. The third-order valence-corrected chi connectivity index (χ3v) is 5.58. The van der Waals surface area contributed by atoms with E-state index < -0.39 is 0 Å². The van der Waals surface area contributed by atoms with Gasteiger partial charge in [-0.1, -0.05) is 32.0 Å². The second-order valence-electron chi connectivity index (χ2n) is 7.08. The molecule has 3 rings (SSSR count). The zero-order chi connectivity index (χ0) is 15.4. The molecule has 1 aromatic rings. The molecule has 2 heterocycles. The van der Waals surface area contributed by atoms with Gasteiger partial charge in [-0.15, -0.1) is 0 Å².